The van der Waals surface area contributed by atoms with E-state index in [1.807, 2.05) is 25.1 Å². The molecule has 1 aromatic carbocycles. The fourth-order valence-corrected chi connectivity index (χ4v) is 4.30. The Balaban J connectivity index is 1.68. The molecule has 114 valence electrons. The van der Waals surface area contributed by atoms with Crippen LogP contribution in [0.5, 0.6) is 5.75 Å². The Morgan fingerprint density at radius 3 is 2.86 bits per heavy atom. The van der Waals surface area contributed by atoms with Crippen molar-refractivity contribution >= 4 is 27.5 Å². The van der Waals surface area contributed by atoms with E-state index in [1.54, 1.807) is 0 Å². The molecule has 0 radical (unpaired) electrons. The lowest BCUT2D eigenvalue weighted by Gasteiger charge is -2.21. The van der Waals surface area contributed by atoms with Gasteiger partial charge < -0.3 is 10.1 Å². The minimum atomic E-state index is 0.201. The third kappa shape index (κ3) is 3.10. The number of rotatable bonds is 5. The molecule has 1 amide bonds. The predicted molar refractivity (Wildman–Crippen MR) is 87.8 cm³/mol. The standard InChI is InChI=1S/C17H22BrNO2/c1-2-21-16-6-5-14(9-13(16)10-18)19-17(20)15-8-11-3-4-12(15)7-11/h5-6,9,11-12,15H,2-4,7-8,10H2,1H3,(H,19,20). The molecule has 1 aromatic rings. The van der Waals surface area contributed by atoms with Crippen LogP contribution >= 0.6 is 15.9 Å². The first-order chi connectivity index (χ1) is 10.2. The topological polar surface area (TPSA) is 38.3 Å². The van der Waals surface area contributed by atoms with Crippen molar-refractivity contribution in [1.29, 1.82) is 0 Å². The summed E-state index contributed by atoms with van der Waals surface area (Å²) in [4.78, 5) is 12.5. The van der Waals surface area contributed by atoms with E-state index in [4.69, 9.17) is 4.74 Å². The molecule has 2 bridgehead atoms. The number of alkyl halides is 1. The number of hydrogen-bond acceptors (Lipinski definition) is 2. The number of hydrogen-bond donors (Lipinski definition) is 1. The molecule has 21 heavy (non-hydrogen) atoms. The lowest BCUT2D eigenvalue weighted by Crippen LogP contribution is -2.27. The number of halogens is 1. The Labute approximate surface area is 134 Å². The van der Waals surface area contributed by atoms with E-state index in [0.717, 1.165) is 34.7 Å². The summed E-state index contributed by atoms with van der Waals surface area (Å²) >= 11 is 3.48. The van der Waals surface area contributed by atoms with Gasteiger partial charge in [-0.1, -0.05) is 22.4 Å². The van der Waals surface area contributed by atoms with Crippen LogP contribution in [0.15, 0.2) is 18.2 Å². The molecule has 3 atom stereocenters. The van der Waals surface area contributed by atoms with Crippen LogP contribution in [0.4, 0.5) is 5.69 Å². The quantitative estimate of drug-likeness (QED) is 0.800. The molecular formula is C17H22BrNO2. The molecule has 0 spiro atoms. The lowest BCUT2D eigenvalue weighted by atomic mass is 9.88. The zero-order chi connectivity index (χ0) is 14.8. The van der Waals surface area contributed by atoms with Crippen LogP contribution in [0, 0.1) is 17.8 Å². The molecule has 0 saturated heterocycles. The predicted octanol–water partition coefficient (Wildman–Crippen LogP) is 4.35. The summed E-state index contributed by atoms with van der Waals surface area (Å²) in [5.74, 6) is 2.72. The Kier molecular flexibility index (Phi) is 4.53. The lowest BCUT2D eigenvalue weighted by molar-refractivity contribution is -0.121. The molecule has 4 heteroatoms. The molecular weight excluding hydrogens is 330 g/mol. The van der Waals surface area contributed by atoms with E-state index in [9.17, 15) is 4.79 Å². The largest absolute Gasteiger partial charge is 0.494 e. The molecule has 0 aromatic heterocycles. The maximum atomic E-state index is 12.5. The molecule has 2 aliphatic carbocycles. The smallest absolute Gasteiger partial charge is 0.227 e. The van der Waals surface area contributed by atoms with Gasteiger partial charge in [0.15, 0.2) is 0 Å². The van der Waals surface area contributed by atoms with Crippen molar-refractivity contribution in [3.63, 3.8) is 0 Å². The summed E-state index contributed by atoms with van der Waals surface area (Å²) in [7, 11) is 0. The Hall–Kier alpha value is -1.03. The fourth-order valence-electron chi connectivity index (χ4n) is 3.86. The fraction of sp³-hybridized carbons (Fsp3) is 0.588. The first-order valence-electron chi connectivity index (χ1n) is 7.83. The number of amides is 1. The normalized spacial score (nSPS) is 26.9. The van der Waals surface area contributed by atoms with Crippen LogP contribution in [-0.2, 0) is 10.1 Å². The number of anilines is 1. The number of benzene rings is 1. The summed E-state index contributed by atoms with van der Waals surface area (Å²) in [6.07, 6.45) is 4.90. The second-order valence-electron chi connectivity index (χ2n) is 6.16. The highest BCUT2D eigenvalue weighted by Gasteiger charge is 2.42. The van der Waals surface area contributed by atoms with Crippen LogP contribution < -0.4 is 10.1 Å². The monoisotopic (exact) mass is 351 g/mol. The van der Waals surface area contributed by atoms with Gasteiger partial charge in [-0.05, 0) is 56.2 Å². The Morgan fingerprint density at radius 1 is 1.38 bits per heavy atom. The van der Waals surface area contributed by atoms with Crippen molar-refractivity contribution in [2.75, 3.05) is 11.9 Å². The number of fused-ring (bicyclic) bond motifs is 2. The summed E-state index contributed by atoms with van der Waals surface area (Å²) in [6, 6.07) is 5.88. The number of carbonyl (C=O) groups is 1. The van der Waals surface area contributed by atoms with Gasteiger partial charge in [0.05, 0.1) is 6.61 Å². The molecule has 3 rings (SSSR count). The van der Waals surface area contributed by atoms with Crippen molar-refractivity contribution < 1.29 is 9.53 Å². The van der Waals surface area contributed by atoms with Crippen molar-refractivity contribution in [1.82, 2.24) is 0 Å². The van der Waals surface area contributed by atoms with Gasteiger partial charge in [-0.25, -0.2) is 0 Å². The molecule has 1 N–H and O–H groups in total. The van der Waals surface area contributed by atoms with E-state index in [2.05, 4.69) is 21.2 Å². The first kappa shape index (κ1) is 14.9. The van der Waals surface area contributed by atoms with E-state index in [-0.39, 0.29) is 11.8 Å². The van der Waals surface area contributed by atoms with Crippen molar-refractivity contribution in [3.8, 4) is 5.75 Å². The maximum absolute atomic E-state index is 12.5. The van der Waals surface area contributed by atoms with Gasteiger partial charge in [0.25, 0.3) is 0 Å². The Morgan fingerprint density at radius 2 is 2.24 bits per heavy atom. The summed E-state index contributed by atoms with van der Waals surface area (Å²) in [5, 5.41) is 3.82. The van der Waals surface area contributed by atoms with Crippen molar-refractivity contribution in [2.45, 2.75) is 37.9 Å². The van der Waals surface area contributed by atoms with Crippen LogP contribution in [0.25, 0.3) is 0 Å². The Bertz CT molecular complexity index is 532. The van der Waals surface area contributed by atoms with Crippen molar-refractivity contribution in [2.24, 2.45) is 17.8 Å². The first-order valence-corrected chi connectivity index (χ1v) is 8.96. The highest BCUT2D eigenvalue weighted by Crippen LogP contribution is 2.48. The van der Waals surface area contributed by atoms with E-state index >= 15 is 0 Å². The summed E-state index contributed by atoms with van der Waals surface area (Å²) in [6.45, 7) is 2.62. The van der Waals surface area contributed by atoms with Crippen LogP contribution in [0.2, 0.25) is 0 Å². The average molecular weight is 352 g/mol. The zero-order valence-corrected chi connectivity index (χ0v) is 14.0. The SMILES string of the molecule is CCOc1ccc(NC(=O)C2CC3CCC2C3)cc1CBr. The minimum absolute atomic E-state index is 0.201. The van der Waals surface area contributed by atoms with Gasteiger partial charge in [-0.15, -0.1) is 0 Å². The van der Waals surface area contributed by atoms with Crippen LogP contribution in [0.1, 0.15) is 38.2 Å². The zero-order valence-electron chi connectivity index (χ0n) is 12.4. The molecule has 3 unspecified atom stereocenters. The number of carbonyl (C=O) groups excluding carboxylic acids is 1. The van der Waals surface area contributed by atoms with Gasteiger partial charge >= 0.3 is 0 Å². The van der Waals surface area contributed by atoms with Gasteiger partial charge in [-0.3, -0.25) is 4.79 Å². The molecule has 2 saturated carbocycles. The molecule has 2 aliphatic rings. The summed E-state index contributed by atoms with van der Waals surface area (Å²) < 4.78 is 5.59. The summed E-state index contributed by atoms with van der Waals surface area (Å²) in [5.41, 5.74) is 1.95. The van der Waals surface area contributed by atoms with Crippen LogP contribution in [0.3, 0.4) is 0 Å². The number of ether oxygens (including phenoxy) is 1. The average Bonchev–Trinajstić information content (AvgIpc) is 3.11. The van der Waals surface area contributed by atoms with E-state index in [1.165, 1.54) is 19.3 Å². The molecule has 3 nitrogen and oxygen atoms in total. The van der Waals surface area contributed by atoms with Gasteiger partial charge in [0.1, 0.15) is 5.75 Å². The highest BCUT2D eigenvalue weighted by atomic mass is 79.9. The van der Waals surface area contributed by atoms with Crippen molar-refractivity contribution in [3.05, 3.63) is 23.8 Å². The van der Waals surface area contributed by atoms with E-state index < -0.39 is 0 Å². The number of nitrogens with one attached hydrogen (secondary N) is 1. The highest BCUT2D eigenvalue weighted by molar-refractivity contribution is 9.08. The third-order valence-corrected chi connectivity index (χ3v) is 5.45. The molecule has 0 heterocycles. The molecule has 0 aliphatic heterocycles. The van der Waals surface area contributed by atoms with E-state index in [0.29, 0.717) is 12.5 Å². The van der Waals surface area contributed by atoms with Crippen LogP contribution in [-0.4, -0.2) is 12.5 Å². The second-order valence-corrected chi connectivity index (χ2v) is 6.72. The van der Waals surface area contributed by atoms with Gasteiger partial charge in [0.2, 0.25) is 5.91 Å². The second kappa shape index (κ2) is 6.39. The minimum Gasteiger partial charge on any atom is -0.494 e. The van der Waals surface area contributed by atoms with Gasteiger partial charge in [0, 0.05) is 22.5 Å². The maximum Gasteiger partial charge on any atom is 0.227 e. The molecule has 2 fully saturated rings. The third-order valence-electron chi connectivity index (χ3n) is 4.85. The van der Waals surface area contributed by atoms with Gasteiger partial charge in [-0.2, -0.15) is 0 Å².